The number of rotatable bonds is 3. The van der Waals surface area contributed by atoms with Crippen LogP contribution in [0.5, 0.6) is 0 Å². The largest absolute Gasteiger partial charge is 0.390 e. The van der Waals surface area contributed by atoms with Gasteiger partial charge in [0.1, 0.15) is 4.90 Å². The SMILES string of the molecule is CC[C@@]1(O)CCC[C@@H]2CN(S(=O)(=O)c3cc(C)cc4cccnc34)C[C@@H]21. The van der Waals surface area contributed by atoms with Crippen LogP contribution in [0.25, 0.3) is 10.9 Å². The second kappa shape index (κ2) is 6.29. The zero-order valence-corrected chi connectivity index (χ0v) is 16.2. The lowest BCUT2D eigenvalue weighted by Crippen LogP contribution is -2.44. The molecule has 1 saturated carbocycles. The Morgan fingerprint density at radius 1 is 1.35 bits per heavy atom. The summed E-state index contributed by atoms with van der Waals surface area (Å²) in [6.45, 7) is 4.81. The van der Waals surface area contributed by atoms with E-state index in [9.17, 15) is 13.5 Å². The molecule has 2 fully saturated rings. The van der Waals surface area contributed by atoms with Crippen LogP contribution in [0.1, 0.15) is 38.2 Å². The van der Waals surface area contributed by atoms with E-state index in [1.807, 2.05) is 32.0 Å². The zero-order chi connectivity index (χ0) is 18.5. The highest BCUT2D eigenvalue weighted by Crippen LogP contribution is 2.45. The smallest absolute Gasteiger partial charge is 0.245 e. The molecule has 4 rings (SSSR count). The lowest BCUT2D eigenvalue weighted by Gasteiger charge is -2.40. The quantitative estimate of drug-likeness (QED) is 0.896. The summed E-state index contributed by atoms with van der Waals surface area (Å²) >= 11 is 0. The molecule has 6 heteroatoms. The summed E-state index contributed by atoms with van der Waals surface area (Å²) in [5.74, 6) is 0.271. The average molecular weight is 375 g/mol. The van der Waals surface area contributed by atoms with Crippen LogP contribution in [0.4, 0.5) is 0 Å². The Morgan fingerprint density at radius 3 is 2.92 bits per heavy atom. The molecule has 1 aliphatic heterocycles. The number of pyridine rings is 1. The van der Waals surface area contributed by atoms with Gasteiger partial charge in [0.2, 0.25) is 10.0 Å². The minimum absolute atomic E-state index is 0.0278. The normalized spacial score (nSPS) is 29.8. The number of benzene rings is 1. The molecular formula is C20H26N2O3S. The third-order valence-corrected chi connectivity index (χ3v) is 8.17. The first-order valence-corrected chi connectivity index (χ1v) is 10.9. The van der Waals surface area contributed by atoms with E-state index in [-0.39, 0.29) is 16.7 Å². The molecule has 0 spiro atoms. The van der Waals surface area contributed by atoms with E-state index in [0.29, 0.717) is 25.0 Å². The van der Waals surface area contributed by atoms with Gasteiger partial charge >= 0.3 is 0 Å². The van der Waals surface area contributed by atoms with Crippen LogP contribution in [0.2, 0.25) is 0 Å². The highest BCUT2D eigenvalue weighted by Gasteiger charge is 2.50. The fraction of sp³-hybridized carbons (Fsp3) is 0.550. The van der Waals surface area contributed by atoms with Crippen molar-refractivity contribution in [2.45, 2.75) is 50.0 Å². The molecule has 140 valence electrons. The van der Waals surface area contributed by atoms with Gasteiger partial charge in [0.25, 0.3) is 0 Å². The molecule has 3 atom stereocenters. The predicted octanol–water partition coefficient (Wildman–Crippen LogP) is 3.10. The monoisotopic (exact) mass is 374 g/mol. The second-order valence-electron chi connectivity index (χ2n) is 7.88. The molecule has 0 unspecified atom stereocenters. The summed E-state index contributed by atoms with van der Waals surface area (Å²) in [5.41, 5.74) is 0.699. The fourth-order valence-electron chi connectivity index (χ4n) is 4.86. The van der Waals surface area contributed by atoms with Crippen molar-refractivity contribution in [2.24, 2.45) is 11.8 Å². The van der Waals surface area contributed by atoms with Crippen molar-refractivity contribution in [3.63, 3.8) is 0 Å². The molecule has 1 saturated heterocycles. The van der Waals surface area contributed by atoms with Gasteiger partial charge < -0.3 is 5.11 Å². The number of nitrogens with zero attached hydrogens (tertiary/aromatic N) is 2. The Morgan fingerprint density at radius 2 is 2.15 bits per heavy atom. The predicted molar refractivity (Wildman–Crippen MR) is 101 cm³/mol. The van der Waals surface area contributed by atoms with E-state index in [2.05, 4.69) is 4.98 Å². The molecule has 2 aliphatic rings. The summed E-state index contributed by atoms with van der Waals surface area (Å²) in [7, 11) is -3.64. The van der Waals surface area contributed by atoms with Crippen LogP contribution in [0.15, 0.2) is 35.4 Å². The van der Waals surface area contributed by atoms with Crippen molar-refractivity contribution in [1.29, 1.82) is 0 Å². The Kier molecular flexibility index (Phi) is 4.33. The number of fused-ring (bicyclic) bond motifs is 2. The molecule has 1 aliphatic carbocycles. The second-order valence-corrected chi connectivity index (χ2v) is 9.78. The van der Waals surface area contributed by atoms with Gasteiger partial charge in [-0.25, -0.2) is 8.42 Å². The van der Waals surface area contributed by atoms with Crippen molar-refractivity contribution in [1.82, 2.24) is 9.29 Å². The van der Waals surface area contributed by atoms with Crippen molar-refractivity contribution in [3.05, 3.63) is 36.0 Å². The third kappa shape index (κ3) is 2.75. The van der Waals surface area contributed by atoms with Gasteiger partial charge in [-0.2, -0.15) is 4.31 Å². The van der Waals surface area contributed by atoms with Crippen molar-refractivity contribution < 1.29 is 13.5 Å². The van der Waals surface area contributed by atoms with E-state index in [1.165, 1.54) is 0 Å². The van der Waals surface area contributed by atoms with Crippen LogP contribution >= 0.6 is 0 Å². The van der Waals surface area contributed by atoms with E-state index in [4.69, 9.17) is 0 Å². The Balaban J connectivity index is 1.75. The number of aryl methyl sites for hydroxylation is 1. The highest BCUT2D eigenvalue weighted by molar-refractivity contribution is 7.89. The van der Waals surface area contributed by atoms with Crippen molar-refractivity contribution in [2.75, 3.05) is 13.1 Å². The van der Waals surface area contributed by atoms with Gasteiger partial charge in [0.15, 0.2) is 0 Å². The summed E-state index contributed by atoms with van der Waals surface area (Å²) in [6, 6.07) is 7.40. The Hall–Kier alpha value is -1.50. The minimum Gasteiger partial charge on any atom is -0.390 e. The lowest BCUT2D eigenvalue weighted by molar-refractivity contribution is -0.0605. The van der Waals surface area contributed by atoms with Gasteiger partial charge in [-0.1, -0.05) is 19.4 Å². The van der Waals surface area contributed by atoms with Gasteiger partial charge in [-0.05, 0) is 55.9 Å². The van der Waals surface area contributed by atoms with E-state index < -0.39 is 15.6 Å². The van der Waals surface area contributed by atoms with Gasteiger partial charge in [0, 0.05) is 30.6 Å². The first-order chi connectivity index (χ1) is 12.3. The number of hydrogen-bond donors (Lipinski definition) is 1. The molecule has 1 N–H and O–H groups in total. The molecule has 1 aromatic heterocycles. The van der Waals surface area contributed by atoms with E-state index in [1.54, 1.807) is 16.6 Å². The average Bonchev–Trinajstić information content (AvgIpc) is 3.08. The number of aliphatic hydroxyl groups is 1. The lowest BCUT2D eigenvalue weighted by atomic mass is 9.69. The van der Waals surface area contributed by atoms with E-state index >= 15 is 0 Å². The first-order valence-electron chi connectivity index (χ1n) is 9.43. The molecule has 2 aromatic rings. The van der Waals surface area contributed by atoms with Crippen LogP contribution in [0, 0.1) is 18.8 Å². The number of hydrogen-bond acceptors (Lipinski definition) is 4. The molecule has 0 amide bonds. The zero-order valence-electron chi connectivity index (χ0n) is 15.4. The minimum atomic E-state index is -3.64. The molecule has 26 heavy (non-hydrogen) atoms. The Bertz CT molecular complexity index is 943. The number of sulfonamides is 1. The van der Waals surface area contributed by atoms with Gasteiger partial charge in [-0.3, -0.25) is 4.98 Å². The maximum Gasteiger partial charge on any atom is 0.245 e. The van der Waals surface area contributed by atoms with Gasteiger partial charge in [0.05, 0.1) is 11.1 Å². The summed E-state index contributed by atoms with van der Waals surface area (Å²) in [4.78, 5) is 4.62. The fourth-order valence-corrected chi connectivity index (χ4v) is 6.63. The van der Waals surface area contributed by atoms with Crippen molar-refractivity contribution >= 4 is 20.9 Å². The summed E-state index contributed by atoms with van der Waals surface area (Å²) in [5, 5.41) is 11.8. The first kappa shape index (κ1) is 17.9. The van der Waals surface area contributed by atoms with Crippen LogP contribution in [-0.4, -0.2) is 41.5 Å². The summed E-state index contributed by atoms with van der Waals surface area (Å²) < 4.78 is 28.5. The van der Waals surface area contributed by atoms with E-state index in [0.717, 1.165) is 30.2 Å². The molecule has 5 nitrogen and oxygen atoms in total. The standard InChI is InChI=1S/C20H26N2O3S/c1-3-20(23)8-4-6-16-12-22(13-17(16)20)26(24,25)18-11-14(2)10-15-7-5-9-21-19(15)18/h5,7,9-11,16-17,23H,3-4,6,8,12-13H2,1-2H3/t16-,17+,20-/m1/s1. The van der Waals surface area contributed by atoms with Gasteiger partial charge in [-0.15, -0.1) is 0 Å². The summed E-state index contributed by atoms with van der Waals surface area (Å²) in [6.07, 6.45) is 5.04. The highest BCUT2D eigenvalue weighted by atomic mass is 32.2. The maximum atomic E-state index is 13.4. The van der Waals surface area contributed by atoms with Crippen LogP contribution in [0.3, 0.4) is 0 Å². The van der Waals surface area contributed by atoms with Crippen LogP contribution in [-0.2, 0) is 10.0 Å². The van der Waals surface area contributed by atoms with Crippen molar-refractivity contribution in [3.8, 4) is 0 Å². The molecule has 0 bridgehead atoms. The topological polar surface area (TPSA) is 70.5 Å². The molecular weight excluding hydrogens is 348 g/mol. The molecule has 1 aromatic carbocycles. The molecule has 2 heterocycles. The Labute approximate surface area is 155 Å². The number of aromatic nitrogens is 1. The molecule has 0 radical (unpaired) electrons. The van der Waals surface area contributed by atoms with Crippen LogP contribution < -0.4 is 0 Å². The maximum absolute atomic E-state index is 13.4. The third-order valence-electron chi connectivity index (χ3n) is 6.33.